The topological polar surface area (TPSA) is 55.6 Å². The molecule has 0 unspecified atom stereocenters. The minimum absolute atomic E-state index is 0.0259. The van der Waals surface area contributed by atoms with Crippen LogP contribution in [-0.2, 0) is 6.42 Å². The molecule has 0 fully saturated rings. The maximum absolute atomic E-state index is 13.1. The van der Waals surface area contributed by atoms with E-state index in [0.717, 1.165) is 41.0 Å². The summed E-state index contributed by atoms with van der Waals surface area (Å²) in [6.07, 6.45) is 4.66. The summed E-state index contributed by atoms with van der Waals surface area (Å²) in [5.74, 6) is 0.759. The van der Waals surface area contributed by atoms with Gasteiger partial charge in [-0.1, -0.05) is 24.3 Å². The van der Waals surface area contributed by atoms with Crippen molar-refractivity contribution in [3.63, 3.8) is 0 Å². The molecule has 3 aromatic rings. The maximum Gasteiger partial charge on any atom is 0.257 e. The van der Waals surface area contributed by atoms with Crippen molar-refractivity contribution in [3.8, 4) is 17.0 Å². The molecular formula is C24H26N2O3. The number of ether oxygens (including phenoxy) is 1. The summed E-state index contributed by atoms with van der Waals surface area (Å²) >= 11 is 0. The molecule has 1 aliphatic rings. The van der Waals surface area contributed by atoms with Gasteiger partial charge in [-0.05, 0) is 55.5 Å². The SMILES string of the molecule is Cc1c(Cc2ccc(-c3cocn3)cc2)cc2c(c1C)OCC[C@@H](C)N(C)C2=O. The van der Waals surface area contributed by atoms with Crippen LogP contribution in [0.5, 0.6) is 5.75 Å². The summed E-state index contributed by atoms with van der Waals surface area (Å²) in [5, 5.41) is 0. The highest BCUT2D eigenvalue weighted by Gasteiger charge is 2.26. The molecule has 5 nitrogen and oxygen atoms in total. The van der Waals surface area contributed by atoms with Crippen molar-refractivity contribution in [1.82, 2.24) is 9.88 Å². The lowest BCUT2D eigenvalue weighted by molar-refractivity contribution is 0.0699. The second-order valence-electron chi connectivity index (χ2n) is 7.81. The molecule has 0 bridgehead atoms. The zero-order chi connectivity index (χ0) is 20.5. The first-order chi connectivity index (χ1) is 14.0. The molecule has 1 aromatic heterocycles. The van der Waals surface area contributed by atoms with Crippen LogP contribution in [-0.4, -0.2) is 35.5 Å². The second kappa shape index (κ2) is 7.74. The van der Waals surface area contributed by atoms with E-state index in [1.54, 1.807) is 6.26 Å². The molecule has 0 spiro atoms. The van der Waals surface area contributed by atoms with Crippen LogP contribution in [0.3, 0.4) is 0 Å². The van der Waals surface area contributed by atoms with Gasteiger partial charge >= 0.3 is 0 Å². The molecule has 1 atom stereocenters. The van der Waals surface area contributed by atoms with Crippen molar-refractivity contribution < 1.29 is 13.9 Å². The summed E-state index contributed by atoms with van der Waals surface area (Å²) in [4.78, 5) is 19.1. The number of hydrogen-bond acceptors (Lipinski definition) is 4. The third-order valence-corrected chi connectivity index (χ3v) is 6.02. The zero-order valence-electron chi connectivity index (χ0n) is 17.4. The average Bonchev–Trinajstić information content (AvgIpc) is 3.26. The first-order valence-corrected chi connectivity index (χ1v) is 9.96. The molecule has 1 aliphatic heterocycles. The molecule has 2 aromatic carbocycles. The number of aromatic nitrogens is 1. The van der Waals surface area contributed by atoms with Gasteiger partial charge in [-0.2, -0.15) is 0 Å². The third kappa shape index (κ3) is 3.65. The lowest BCUT2D eigenvalue weighted by Crippen LogP contribution is -2.38. The molecule has 5 heteroatoms. The minimum Gasteiger partial charge on any atom is -0.492 e. The molecule has 0 radical (unpaired) electrons. The number of fused-ring (bicyclic) bond motifs is 1. The van der Waals surface area contributed by atoms with E-state index in [2.05, 4.69) is 31.0 Å². The largest absolute Gasteiger partial charge is 0.492 e. The summed E-state index contributed by atoms with van der Waals surface area (Å²) < 4.78 is 11.1. The van der Waals surface area contributed by atoms with Crippen LogP contribution in [0.25, 0.3) is 11.3 Å². The highest BCUT2D eigenvalue weighted by Crippen LogP contribution is 2.33. The van der Waals surface area contributed by atoms with Crippen LogP contribution in [0, 0.1) is 13.8 Å². The predicted octanol–water partition coefficient (Wildman–Crippen LogP) is 4.79. The van der Waals surface area contributed by atoms with Crippen molar-refractivity contribution in [3.05, 3.63) is 70.8 Å². The van der Waals surface area contributed by atoms with E-state index in [0.29, 0.717) is 12.2 Å². The number of oxazole rings is 1. The molecular weight excluding hydrogens is 364 g/mol. The number of carbonyl (C=O) groups is 1. The average molecular weight is 390 g/mol. The summed E-state index contributed by atoms with van der Waals surface area (Å²) in [5.41, 5.74) is 7.06. The second-order valence-corrected chi connectivity index (χ2v) is 7.81. The Kier molecular flexibility index (Phi) is 5.14. The van der Waals surface area contributed by atoms with Crippen LogP contribution in [0.4, 0.5) is 0 Å². The van der Waals surface area contributed by atoms with Crippen molar-refractivity contribution in [2.75, 3.05) is 13.7 Å². The standard InChI is InChI=1S/C24H26N2O3/c1-15-9-10-29-23-17(3)16(2)20(12-21(23)24(27)26(15)4)11-18-5-7-19(8-6-18)22-13-28-14-25-22/h5-8,12-15H,9-11H2,1-4H3/t15-/m1/s1. The van der Waals surface area contributed by atoms with Crippen LogP contribution in [0.2, 0.25) is 0 Å². The molecule has 29 heavy (non-hydrogen) atoms. The molecule has 0 aliphatic carbocycles. The fourth-order valence-electron chi connectivity index (χ4n) is 3.77. The quantitative estimate of drug-likeness (QED) is 0.645. The number of carbonyl (C=O) groups excluding carboxylic acids is 1. The Morgan fingerprint density at radius 3 is 2.62 bits per heavy atom. The van der Waals surface area contributed by atoms with Crippen LogP contribution in [0.1, 0.15) is 46.0 Å². The van der Waals surface area contributed by atoms with Crippen LogP contribution >= 0.6 is 0 Å². The van der Waals surface area contributed by atoms with Crippen molar-refractivity contribution in [1.29, 1.82) is 0 Å². The third-order valence-electron chi connectivity index (χ3n) is 6.02. The molecule has 150 valence electrons. The zero-order valence-corrected chi connectivity index (χ0v) is 17.4. The van der Waals surface area contributed by atoms with Gasteiger partial charge in [-0.3, -0.25) is 4.79 Å². The van der Waals surface area contributed by atoms with E-state index >= 15 is 0 Å². The predicted molar refractivity (Wildman–Crippen MR) is 112 cm³/mol. The Morgan fingerprint density at radius 1 is 1.17 bits per heavy atom. The number of benzene rings is 2. The number of rotatable bonds is 3. The first-order valence-electron chi connectivity index (χ1n) is 9.96. The van der Waals surface area contributed by atoms with Gasteiger partial charge in [0.15, 0.2) is 6.39 Å². The van der Waals surface area contributed by atoms with Crippen molar-refractivity contribution in [2.45, 2.75) is 39.7 Å². The van der Waals surface area contributed by atoms with Crippen LogP contribution in [0.15, 0.2) is 47.4 Å². The molecule has 0 N–H and O–H groups in total. The number of amides is 1. The van der Waals surface area contributed by atoms with E-state index in [9.17, 15) is 4.79 Å². The van der Waals surface area contributed by atoms with Gasteiger partial charge in [0.2, 0.25) is 0 Å². The smallest absolute Gasteiger partial charge is 0.257 e. The fourth-order valence-corrected chi connectivity index (χ4v) is 3.77. The van der Waals surface area contributed by atoms with Crippen molar-refractivity contribution >= 4 is 5.91 Å². The van der Waals surface area contributed by atoms with Gasteiger partial charge in [0.25, 0.3) is 5.91 Å². The van der Waals surface area contributed by atoms with Gasteiger partial charge in [0, 0.05) is 25.1 Å². The Balaban J connectivity index is 1.68. The maximum atomic E-state index is 13.1. The van der Waals surface area contributed by atoms with E-state index in [4.69, 9.17) is 9.15 Å². The van der Waals surface area contributed by atoms with E-state index < -0.39 is 0 Å². The minimum atomic E-state index is 0.0259. The molecule has 4 rings (SSSR count). The number of nitrogens with zero attached hydrogens (tertiary/aromatic N) is 2. The lowest BCUT2D eigenvalue weighted by Gasteiger charge is -2.30. The summed E-state index contributed by atoms with van der Waals surface area (Å²) in [6, 6.07) is 10.5. The van der Waals surface area contributed by atoms with Gasteiger partial charge in [0.05, 0.1) is 12.2 Å². The summed E-state index contributed by atoms with van der Waals surface area (Å²) in [7, 11) is 1.87. The first kappa shape index (κ1) is 19.2. The van der Waals surface area contributed by atoms with Crippen molar-refractivity contribution in [2.24, 2.45) is 0 Å². The van der Waals surface area contributed by atoms with E-state index in [1.165, 1.54) is 17.5 Å². The molecule has 0 saturated heterocycles. The summed E-state index contributed by atoms with van der Waals surface area (Å²) in [6.45, 7) is 6.83. The van der Waals surface area contributed by atoms with Gasteiger partial charge < -0.3 is 14.1 Å². The molecule has 0 saturated carbocycles. The molecule has 1 amide bonds. The molecule has 2 heterocycles. The van der Waals surface area contributed by atoms with Crippen LogP contribution < -0.4 is 4.74 Å². The number of hydrogen-bond donors (Lipinski definition) is 0. The van der Waals surface area contributed by atoms with Gasteiger partial charge in [-0.15, -0.1) is 0 Å². The van der Waals surface area contributed by atoms with Gasteiger partial charge in [0.1, 0.15) is 17.7 Å². The highest BCUT2D eigenvalue weighted by molar-refractivity contribution is 5.98. The van der Waals surface area contributed by atoms with E-state index in [-0.39, 0.29) is 11.9 Å². The normalized spacial score (nSPS) is 16.8. The fraction of sp³-hybridized carbons (Fsp3) is 0.333. The van der Waals surface area contributed by atoms with E-state index in [1.807, 2.05) is 37.1 Å². The Hall–Kier alpha value is -3.08. The Bertz CT molecular complexity index is 1020. The Morgan fingerprint density at radius 2 is 1.93 bits per heavy atom. The monoisotopic (exact) mass is 390 g/mol. The van der Waals surface area contributed by atoms with Gasteiger partial charge in [-0.25, -0.2) is 4.98 Å². The Labute approximate surface area is 171 Å². The lowest BCUT2D eigenvalue weighted by atomic mass is 9.92. The highest BCUT2D eigenvalue weighted by atomic mass is 16.5.